The van der Waals surface area contributed by atoms with Gasteiger partial charge in [0.25, 0.3) is 0 Å². The summed E-state index contributed by atoms with van der Waals surface area (Å²) in [5.74, 6) is 0.569. The van der Waals surface area contributed by atoms with E-state index in [0.29, 0.717) is 18.0 Å². The summed E-state index contributed by atoms with van der Waals surface area (Å²) in [6.07, 6.45) is 6.55. The number of hydrogen-bond acceptors (Lipinski definition) is 2. The van der Waals surface area contributed by atoms with Crippen LogP contribution in [0.3, 0.4) is 0 Å². The molecular weight excluding hydrogens is 236 g/mol. The Labute approximate surface area is 111 Å². The van der Waals surface area contributed by atoms with E-state index in [-0.39, 0.29) is 24.4 Å². The SMILES string of the molecule is CC(C)N(C(=O)C1CCCC(N)C1)C1CC1.Cl. The van der Waals surface area contributed by atoms with Gasteiger partial charge < -0.3 is 10.6 Å². The van der Waals surface area contributed by atoms with E-state index in [4.69, 9.17) is 5.73 Å². The van der Waals surface area contributed by atoms with Gasteiger partial charge in [0.15, 0.2) is 0 Å². The van der Waals surface area contributed by atoms with Gasteiger partial charge in [-0.15, -0.1) is 12.4 Å². The van der Waals surface area contributed by atoms with Gasteiger partial charge in [-0.25, -0.2) is 0 Å². The third-order valence-electron chi connectivity index (χ3n) is 3.82. The van der Waals surface area contributed by atoms with Crippen LogP contribution in [0.4, 0.5) is 0 Å². The maximum atomic E-state index is 12.4. The van der Waals surface area contributed by atoms with Crippen LogP contribution in [0.1, 0.15) is 52.4 Å². The number of rotatable bonds is 3. The fourth-order valence-corrected chi connectivity index (χ4v) is 2.87. The zero-order valence-electron chi connectivity index (χ0n) is 10.9. The van der Waals surface area contributed by atoms with E-state index in [1.54, 1.807) is 0 Å². The van der Waals surface area contributed by atoms with Crippen LogP contribution in [-0.2, 0) is 4.79 Å². The first-order chi connectivity index (χ1) is 7.59. The van der Waals surface area contributed by atoms with E-state index in [9.17, 15) is 4.79 Å². The van der Waals surface area contributed by atoms with Gasteiger partial charge in [-0.3, -0.25) is 4.79 Å². The molecule has 1 amide bonds. The van der Waals surface area contributed by atoms with Gasteiger partial charge in [-0.05, 0) is 46.0 Å². The van der Waals surface area contributed by atoms with Gasteiger partial charge in [0.1, 0.15) is 0 Å². The monoisotopic (exact) mass is 260 g/mol. The molecule has 0 saturated heterocycles. The lowest BCUT2D eigenvalue weighted by atomic mass is 9.85. The molecule has 4 heteroatoms. The molecule has 2 aliphatic rings. The number of halogens is 1. The lowest BCUT2D eigenvalue weighted by Gasteiger charge is -2.34. The van der Waals surface area contributed by atoms with Crippen molar-refractivity contribution in [1.29, 1.82) is 0 Å². The van der Waals surface area contributed by atoms with Crippen molar-refractivity contribution in [3.8, 4) is 0 Å². The summed E-state index contributed by atoms with van der Waals surface area (Å²) in [6, 6.07) is 1.12. The molecule has 2 fully saturated rings. The molecule has 100 valence electrons. The van der Waals surface area contributed by atoms with E-state index in [1.807, 2.05) is 0 Å². The van der Waals surface area contributed by atoms with Crippen LogP contribution in [0.25, 0.3) is 0 Å². The van der Waals surface area contributed by atoms with Crippen LogP contribution in [-0.4, -0.2) is 28.9 Å². The molecule has 0 heterocycles. The molecule has 2 atom stereocenters. The number of nitrogens with zero attached hydrogens (tertiary/aromatic N) is 1. The summed E-state index contributed by atoms with van der Waals surface area (Å²) in [6.45, 7) is 4.25. The highest BCUT2D eigenvalue weighted by atomic mass is 35.5. The normalized spacial score (nSPS) is 28.7. The van der Waals surface area contributed by atoms with Gasteiger partial charge in [-0.2, -0.15) is 0 Å². The van der Waals surface area contributed by atoms with Gasteiger partial charge >= 0.3 is 0 Å². The quantitative estimate of drug-likeness (QED) is 0.847. The summed E-state index contributed by atoms with van der Waals surface area (Å²) >= 11 is 0. The topological polar surface area (TPSA) is 46.3 Å². The molecule has 2 aliphatic carbocycles. The highest BCUT2D eigenvalue weighted by molar-refractivity contribution is 5.85. The molecule has 2 rings (SSSR count). The molecule has 3 nitrogen and oxygen atoms in total. The maximum Gasteiger partial charge on any atom is 0.226 e. The molecule has 0 spiro atoms. The summed E-state index contributed by atoms with van der Waals surface area (Å²) in [5, 5.41) is 0. The summed E-state index contributed by atoms with van der Waals surface area (Å²) in [7, 11) is 0. The van der Waals surface area contributed by atoms with E-state index < -0.39 is 0 Å². The largest absolute Gasteiger partial charge is 0.337 e. The van der Waals surface area contributed by atoms with Gasteiger partial charge in [0, 0.05) is 24.0 Å². The van der Waals surface area contributed by atoms with Crippen molar-refractivity contribution >= 4 is 18.3 Å². The highest BCUT2D eigenvalue weighted by Gasteiger charge is 2.38. The lowest BCUT2D eigenvalue weighted by Crippen LogP contribution is -2.45. The molecule has 2 unspecified atom stereocenters. The van der Waals surface area contributed by atoms with Crippen molar-refractivity contribution in [3.63, 3.8) is 0 Å². The van der Waals surface area contributed by atoms with E-state index in [2.05, 4.69) is 18.7 Å². The fraction of sp³-hybridized carbons (Fsp3) is 0.923. The standard InChI is InChI=1S/C13H24N2O.ClH/c1-9(2)15(12-6-7-12)13(16)10-4-3-5-11(14)8-10;/h9-12H,3-8,14H2,1-2H3;1H. The second-order valence-corrected chi connectivity index (χ2v) is 5.69. The van der Waals surface area contributed by atoms with Crippen LogP contribution in [0.15, 0.2) is 0 Å². The minimum atomic E-state index is 0. The fourth-order valence-electron chi connectivity index (χ4n) is 2.87. The first-order valence-corrected chi connectivity index (χ1v) is 6.67. The van der Waals surface area contributed by atoms with E-state index >= 15 is 0 Å². The first-order valence-electron chi connectivity index (χ1n) is 6.67. The average molecular weight is 261 g/mol. The number of carbonyl (C=O) groups is 1. The average Bonchev–Trinajstić information content (AvgIpc) is 3.01. The third-order valence-corrected chi connectivity index (χ3v) is 3.82. The Morgan fingerprint density at radius 3 is 2.35 bits per heavy atom. The summed E-state index contributed by atoms with van der Waals surface area (Å²) in [5.41, 5.74) is 5.96. The lowest BCUT2D eigenvalue weighted by molar-refractivity contribution is -0.139. The third kappa shape index (κ3) is 3.59. The predicted octanol–water partition coefficient (Wildman–Crippen LogP) is 2.33. The smallest absolute Gasteiger partial charge is 0.226 e. The number of hydrogen-bond donors (Lipinski definition) is 1. The number of carbonyl (C=O) groups excluding carboxylic acids is 1. The van der Waals surface area contributed by atoms with E-state index in [1.165, 1.54) is 12.8 Å². The highest BCUT2D eigenvalue weighted by Crippen LogP contribution is 2.33. The van der Waals surface area contributed by atoms with Crippen molar-refractivity contribution < 1.29 is 4.79 Å². The minimum Gasteiger partial charge on any atom is -0.337 e. The Kier molecular flexibility index (Phi) is 5.26. The molecule has 0 radical (unpaired) electrons. The molecule has 17 heavy (non-hydrogen) atoms. The number of nitrogens with two attached hydrogens (primary N) is 1. The van der Waals surface area contributed by atoms with Crippen LogP contribution in [0, 0.1) is 5.92 Å². The summed E-state index contributed by atoms with van der Waals surface area (Å²) in [4.78, 5) is 14.6. The Bertz CT molecular complexity index is 264. The number of amides is 1. The van der Waals surface area contributed by atoms with Crippen LogP contribution in [0.2, 0.25) is 0 Å². The van der Waals surface area contributed by atoms with Crippen molar-refractivity contribution in [2.45, 2.75) is 70.5 Å². The van der Waals surface area contributed by atoms with Crippen molar-refractivity contribution in [1.82, 2.24) is 4.90 Å². The van der Waals surface area contributed by atoms with E-state index in [0.717, 1.165) is 25.7 Å². The molecular formula is C13H25ClN2O. The molecule has 0 aromatic heterocycles. The Morgan fingerprint density at radius 2 is 1.88 bits per heavy atom. The zero-order chi connectivity index (χ0) is 11.7. The molecule has 0 aliphatic heterocycles. The summed E-state index contributed by atoms with van der Waals surface area (Å²) < 4.78 is 0. The van der Waals surface area contributed by atoms with Gasteiger partial charge in [0.05, 0.1) is 0 Å². The molecule has 2 saturated carbocycles. The van der Waals surface area contributed by atoms with Crippen molar-refractivity contribution in [2.24, 2.45) is 11.7 Å². The van der Waals surface area contributed by atoms with Gasteiger partial charge in [-0.1, -0.05) is 6.42 Å². The maximum absolute atomic E-state index is 12.4. The Hall–Kier alpha value is -0.280. The Morgan fingerprint density at radius 1 is 1.24 bits per heavy atom. The van der Waals surface area contributed by atoms with Gasteiger partial charge in [0.2, 0.25) is 5.91 Å². The first kappa shape index (κ1) is 14.8. The molecule has 2 N–H and O–H groups in total. The molecule has 0 aromatic carbocycles. The second-order valence-electron chi connectivity index (χ2n) is 5.69. The van der Waals surface area contributed by atoms with Crippen LogP contribution < -0.4 is 5.73 Å². The second kappa shape index (κ2) is 6.05. The minimum absolute atomic E-state index is 0. The molecule has 0 aromatic rings. The zero-order valence-corrected chi connectivity index (χ0v) is 11.7. The molecule has 0 bridgehead atoms. The van der Waals surface area contributed by atoms with Crippen molar-refractivity contribution in [2.75, 3.05) is 0 Å². The van der Waals surface area contributed by atoms with Crippen LogP contribution >= 0.6 is 12.4 Å². The predicted molar refractivity (Wildman–Crippen MR) is 72.2 cm³/mol. The Balaban J connectivity index is 0.00000144. The van der Waals surface area contributed by atoms with Crippen molar-refractivity contribution in [3.05, 3.63) is 0 Å². The van der Waals surface area contributed by atoms with Crippen LogP contribution in [0.5, 0.6) is 0 Å².